The van der Waals surface area contributed by atoms with Crippen LogP contribution in [0.5, 0.6) is 0 Å². The lowest BCUT2D eigenvalue weighted by Crippen LogP contribution is -2.62. The minimum absolute atomic E-state index is 0.0672. The number of anilines is 1. The zero-order valence-corrected chi connectivity index (χ0v) is 15.7. The topological polar surface area (TPSA) is 62.7 Å². The van der Waals surface area contributed by atoms with Gasteiger partial charge in [-0.05, 0) is 50.1 Å². The van der Waals surface area contributed by atoms with Crippen molar-refractivity contribution in [1.29, 1.82) is 0 Å². The first-order valence-corrected chi connectivity index (χ1v) is 9.38. The maximum Gasteiger partial charge on any atom is 0.254 e. The van der Waals surface area contributed by atoms with Gasteiger partial charge in [-0.25, -0.2) is 4.39 Å². The number of carbonyl (C=O) groups excluding carboxylic acids is 2. The van der Waals surface area contributed by atoms with Crippen LogP contribution in [0, 0.1) is 12.7 Å². The number of hydrogen-bond acceptors (Lipinski definition) is 4. The summed E-state index contributed by atoms with van der Waals surface area (Å²) in [7, 11) is 0. The first-order chi connectivity index (χ1) is 13.5. The number of hydrogen-bond donors (Lipinski definition) is 0. The molecule has 28 heavy (non-hydrogen) atoms. The Morgan fingerprint density at radius 3 is 2.89 bits per heavy atom. The van der Waals surface area contributed by atoms with Gasteiger partial charge in [0, 0.05) is 29.7 Å². The van der Waals surface area contributed by atoms with Gasteiger partial charge in [0.25, 0.3) is 11.8 Å². The van der Waals surface area contributed by atoms with E-state index in [2.05, 4.69) is 4.98 Å². The highest BCUT2D eigenvalue weighted by Crippen LogP contribution is 2.32. The van der Waals surface area contributed by atoms with E-state index in [1.165, 1.54) is 12.1 Å². The third-order valence-corrected chi connectivity index (χ3v) is 5.34. The van der Waals surface area contributed by atoms with E-state index in [0.717, 1.165) is 18.5 Å². The second-order valence-corrected chi connectivity index (χ2v) is 7.45. The Hall–Kier alpha value is -2.80. The van der Waals surface area contributed by atoms with Gasteiger partial charge >= 0.3 is 0 Å². The van der Waals surface area contributed by atoms with Crippen molar-refractivity contribution in [2.45, 2.75) is 25.4 Å². The van der Waals surface area contributed by atoms with Gasteiger partial charge in [0.1, 0.15) is 18.0 Å². The molecule has 2 aliphatic heterocycles. The molecule has 6 nitrogen and oxygen atoms in total. The largest absolute Gasteiger partial charge is 0.361 e. The zero-order valence-electron chi connectivity index (χ0n) is 15.7. The molecule has 146 valence electrons. The van der Waals surface area contributed by atoms with E-state index in [9.17, 15) is 14.0 Å². The summed E-state index contributed by atoms with van der Waals surface area (Å²) in [5, 5.41) is 0. The Bertz CT molecular complexity index is 919. The Labute approximate surface area is 162 Å². The number of ether oxygens (including phenoxy) is 1. The molecule has 2 aliphatic rings. The summed E-state index contributed by atoms with van der Waals surface area (Å²) >= 11 is 0. The summed E-state index contributed by atoms with van der Waals surface area (Å²) in [6.45, 7) is 3.11. The third-order valence-electron chi connectivity index (χ3n) is 5.34. The molecule has 2 amide bonds. The second-order valence-electron chi connectivity index (χ2n) is 7.45. The van der Waals surface area contributed by atoms with Gasteiger partial charge < -0.3 is 14.5 Å². The number of amides is 2. The first kappa shape index (κ1) is 18.6. The number of halogens is 1. The van der Waals surface area contributed by atoms with E-state index >= 15 is 0 Å². The highest BCUT2D eigenvalue weighted by atomic mass is 19.1. The number of aryl methyl sites for hydroxylation is 1. The quantitative estimate of drug-likeness (QED) is 0.800. The smallest absolute Gasteiger partial charge is 0.254 e. The Kier molecular flexibility index (Phi) is 4.85. The fourth-order valence-electron chi connectivity index (χ4n) is 3.97. The van der Waals surface area contributed by atoms with Crippen molar-refractivity contribution in [2.24, 2.45) is 0 Å². The molecule has 1 unspecified atom stereocenters. The van der Waals surface area contributed by atoms with Crippen molar-refractivity contribution in [3.63, 3.8) is 0 Å². The molecule has 1 atom stereocenters. The van der Waals surface area contributed by atoms with Crippen molar-refractivity contribution < 1.29 is 18.7 Å². The summed E-state index contributed by atoms with van der Waals surface area (Å²) in [6.07, 6.45) is 3.15. The molecule has 1 aromatic heterocycles. The van der Waals surface area contributed by atoms with Crippen LogP contribution in [0.2, 0.25) is 0 Å². The molecule has 3 heterocycles. The monoisotopic (exact) mass is 383 g/mol. The van der Waals surface area contributed by atoms with Crippen molar-refractivity contribution >= 4 is 17.5 Å². The fraction of sp³-hybridized carbons (Fsp3) is 0.381. The van der Waals surface area contributed by atoms with Gasteiger partial charge in [-0.15, -0.1) is 0 Å². The molecule has 0 aliphatic carbocycles. The predicted octanol–water partition coefficient (Wildman–Crippen LogP) is 2.57. The van der Waals surface area contributed by atoms with Crippen LogP contribution in [0.1, 0.15) is 28.9 Å². The number of piperidine rings is 1. The molecule has 2 saturated heterocycles. The molecule has 1 aromatic carbocycles. The van der Waals surface area contributed by atoms with Crippen molar-refractivity contribution in [2.75, 3.05) is 31.1 Å². The molecule has 0 bridgehead atoms. The van der Waals surface area contributed by atoms with Gasteiger partial charge in [-0.3, -0.25) is 14.6 Å². The number of pyridine rings is 1. The SMILES string of the molecule is Cc1cc(C(=O)N2CCCC3(C2)CN(c2cccc(F)c2)C(=O)CO3)ccn1. The van der Waals surface area contributed by atoms with Gasteiger partial charge in [-0.2, -0.15) is 0 Å². The maximum atomic E-state index is 13.6. The summed E-state index contributed by atoms with van der Waals surface area (Å²) in [5.74, 6) is -0.661. The van der Waals surface area contributed by atoms with Crippen LogP contribution in [-0.2, 0) is 9.53 Å². The van der Waals surface area contributed by atoms with Crippen LogP contribution in [0.25, 0.3) is 0 Å². The van der Waals surface area contributed by atoms with Crippen LogP contribution in [-0.4, -0.2) is 53.5 Å². The van der Waals surface area contributed by atoms with E-state index in [1.54, 1.807) is 40.3 Å². The molecule has 0 saturated carbocycles. The molecule has 2 aromatic rings. The van der Waals surface area contributed by atoms with Crippen LogP contribution in [0.4, 0.5) is 10.1 Å². The Morgan fingerprint density at radius 1 is 1.25 bits per heavy atom. The summed E-state index contributed by atoms with van der Waals surface area (Å²) in [4.78, 5) is 32.8. The average molecular weight is 383 g/mol. The predicted molar refractivity (Wildman–Crippen MR) is 102 cm³/mol. The lowest BCUT2D eigenvalue weighted by atomic mass is 9.90. The Morgan fingerprint density at radius 2 is 2.11 bits per heavy atom. The van der Waals surface area contributed by atoms with Crippen LogP contribution >= 0.6 is 0 Å². The summed E-state index contributed by atoms with van der Waals surface area (Å²) in [6, 6.07) is 9.48. The first-order valence-electron chi connectivity index (χ1n) is 9.38. The lowest BCUT2D eigenvalue weighted by molar-refractivity contribution is -0.144. The van der Waals surface area contributed by atoms with Gasteiger partial charge in [-0.1, -0.05) is 6.07 Å². The average Bonchev–Trinajstić information content (AvgIpc) is 2.70. The Balaban J connectivity index is 1.55. The van der Waals surface area contributed by atoms with Gasteiger partial charge in [0.05, 0.1) is 13.1 Å². The van der Waals surface area contributed by atoms with E-state index < -0.39 is 5.60 Å². The highest BCUT2D eigenvalue weighted by Gasteiger charge is 2.44. The zero-order chi connectivity index (χ0) is 19.7. The van der Waals surface area contributed by atoms with Gasteiger partial charge in [0.2, 0.25) is 0 Å². The molecule has 0 N–H and O–H groups in total. The molecular weight excluding hydrogens is 361 g/mol. The van der Waals surface area contributed by atoms with Crippen molar-refractivity contribution in [1.82, 2.24) is 9.88 Å². The molecule has 1 spiro atoms. The third kappa shape index (κ3) is 3.62. The van der Waals surface area contributed by atoms with Crippen LogP contribution in [0.3, 0.4) is 0 Å². The minimum Gasteiger partial charge on any atom is -0.361 e. The second kappa shape index (κ2) is 7.31. The van der Waals surface area contributed by atoms with Crippen LogP contribution < -0.4 is 4.90 Å². The van der Waals surface area contributed by atoms with Crippen LogP contribution in [0.15, 0.2) is 42.6 Å². The molecule has 2 fully saturated rings. The fourth-order valence-corrected chi connectivity index (χ4v) is 3.97. The van der Waals surface area contributed by atoms with E-state index in [1.807, 2.05) is 6.92 Å². The lowest BCUT2D eigenvalue weighted by Gasteiger charge is -2.47. The number of nitrogens with zero attached hydrogens (tertiary/aromatic N) is 3. The van der Waals surface area contributed by atoms with E-state index in [-0.39, 0.29) is 24.2 Å². The van der Waals surface area contributed by atoms with Gasteiger partial charge in [0.15, 0.2) is 0 Å². The standard InChI is InChI=1S/C21H22FN3O3/c1-15-10-16(6-8-23-15)20(27)24-9-3-7-21(13-24)14-25(19(26)12-28-21)18-5-2-4-17(22)11-18/h2,4-6,8,10-11H,3,7,9,12-14H2,1H3. The van der Waals surface area contributed by atoms with Crippen molar-refractivity contribution in [3.05, 3.63) is 59.7 Å². The van der Waals surface area contributed by atoms with Crippen molar-refractivity contribution in [3.8, 4) is 0 Å². The molecular formula is C21H22FN3O3. The number of morpholine rings is 1. The molecule has 0 radical (unpaired) electrons. The van der Waals surface area contributed by atoms with E-state index in [4.69, 9.17) is 4.74 Å². The molecule has 4 rings (SSSR count). The number of aromatic nitrogens is 1. The molecule has 7 heteroatoms. The summed E-state index contributed by atoms with van der Waals surface area (Å²) in [5.41, 5.74) is 1.25. The normalized spacial score (nSPS) is 22.6. The summed E-state index contributed by atoms with van der Waals surface area (Å²) < 4.78 is 19.6. The highest BCUT2D eigenvalue weighted by molar-refractivity contribution is 5.96. The number of benzene rings is 1. The minimum atomic E-state index is -0.643. The number of carbonyl (C=O) groups is 2. The maximum absolute atomic E-state index is 13.6. The number of rotatable bonds is 2. The number of likely N-dealkylation sites (tertiary alicyclic amines) is 1. The van der Waals surface area contributed by atoms with E-state index in [0.29, 0.717) is 30.9 Å².